The highest BCUT2D eigenvalue weighted by Crippen LogP contribution is 2.34. The summed E-state index contributed by atoms with van der Waals surface area (Å²) in [6.45, 7) is 2.09. The molecule has 1 nitrogen and oxygen atoms in total. The first-order valence-electron chi connectivity index (χ1n) is 6.11. The summed E-state index contributed by atoms with van der Waals surface area (Å²) >= 11 is 21.7. The van der Waals surface area contributed by atoms with Crippen molar-refractivity contribution in [2.45, 2.75) is 19.4 Å². The van der Waals surface area contributed by atoms with Gasteiger partial charge in [-0.15, -0.1) is 0 Å². The van der Waals surface area contributed by atoms with E-state index in [0.717, 1.165) is 21.6 Å². The molecule has 0 aromatic heterocycles. The average molecular weight is 394 g/mol. The van der Waals surface area contributed by atoms with Gasteiger partial charge in [0.1, 0.15) is 0 Å². The predicted octanol–water partition coefficient (Wildman–Crippen LogP) is 6.45. The Morgan fingerprint density at radius 2 is 1.60 bits per heavy atom. The van der Waals surface area contributed by atoms with Crippen molar-refractivity contribution in [2.75, 3.05) is 5.32 Å². The quantitative estimate of drug-likeness (QED) is 0.629. The van der Waals surface area contributed by atoms with Gasteiger partial charge in [-0.2, -0.15) is 0 Å². The maximum atomic E-state index is 6.21. The van der Waals surface area contributed by atoms with Crippen LogP contribution in [0.15, 0.2) is 40.9 Å². The van der Waals surface area contributed by atoms with Crippen molar-refractivity contribution >= 4 is 56.4 Å². The van der Waals surface area contributed by atoms with Gasteiger partial charge in [0, 0.05) is 15.5 Å². The van der Waals surface area contributed by atoms with Gasteiger partial charge in [-0.1, -0.05) is 62.9 Å². The van der Waals surface area contributed by atoms with E-state index < -0.39 is 0 Å². The summed E-state index contributed by atoms with van der Waals surface area (Å²) in [7, 11) is 0. The number of halogens is 4. The van der Waals surface area contributed by atoms with Crippen LogP contribution in [0.5, 0.6) is 0 Å². The molecule has 0 aliphatic heterocycles. The molecule has 2 rings (SSSR count). The third-order valence-corrected chi connectivity index (χ3v) is 4.16. The lowest BCUT2D eigenvalue weighted by atomic mass is 10.1. The lowest BCUT2D eigenvalue weighted by molar-refractivity contribution is 0.790. The third-order valence-electron chi connectivity index (χ3n) is 2.85. The molecule has 0 aliphatic rings. The van der Waals surface area contributed by atoms with E-state index in [0.29, 0.717) is 10.0 Å². The minimum absolute atomic E-state index is 0.201. The van der Waals surface area contributed by atoms with Crippen LogP contribution in [-0.2, 0) is 6.42 Å². The zero-order chi connectivity index (χ0) is 14.7. The van der Waals surface area contributed by atoms with E-state index in [1.165, 1.54) is 5.56 Å². The van der Waals surface area contributed by atoms with Gasteiger partial charge in [0.25, 0.3) is 0 Å². The number of hydrogen-bond donors (Lipinski definition) is 1. The van der Waals surface area contributed by atoms with Crippen LogP contribution >= 0.6 is 50.7 Å². The summed E-state index contributed by atoms with van der Waals surface area (Å²) in [4.78, 5) is 0. The molecule has 0 heterocycles. The molecule has 0 radical (unpaired) electrons. The monoisotopic (exact) mass is 391 g/mol. The number of anilines is 1. The summed E-state index contributed by atoms with van der Waals surface area (Å²) in [6, 6.07) is 11.7. The minimum atomic E-state index is 0.201. The zero-order valence-electron chi connectivity index (χ0n) is 10.8. The van der Waals surface area contributed by atoms with Gasteiger partial charge in [0.05, 0.1) is 15.7 Å². The highest BCUT2D eigenvalue weighted by atomic mass is 79.9. The van der Waals surface area contributed by atoms with Crippen molar-refractivity contribution in [3.8, 4) is 0 Å². The Balaban J connectivity index is 2.08. The first-order valence-corrected chi connectivity index (χ1v) is 8.04. The van der Waals surface area contributed by atoms with Gasteiger partial charge >= 0.3 is 0 Å². The molecular weight excluding hydrogens is 380 g/mol. The van der Waals surface area contributed by atoms with E-state index in [-0.39, 0.29) is 6.04 Å². The second kappa shape index (κ2) is 7.04. The van der Waals surface area contributed by atoms with Crippen molar-refractivity contribution in [3.63, 3.8) is 0 Å². The number of nitrogens with one attached hydrogen (secondary N) is 1. The first-order chi connectivity index (χ1) is 9.45. The van der Waals surface area contributed by atoms with Crippen LogP contribution in [0.2, 0.25) is 15.1 Å². The molecule has 1 unspecified atom stereocenters. The van der Waals surface area contributed by atoms with Crippen LogP contribution in [0, 0.1) is 0 Å². The van der Waals surface area contributed by atoms with Gasteiger partial charge in [-0.25, -0.2) is 0 Å². The number of rotatable bonds is 4. The molecule has 0 saturated carbocycles. The van der Waals surface area contributed by atoms with E-state index in [1.807, 2.05) is 36.4 Å². The van der Waals surface area contributed by atoms with Gasteiger partial charge < -0.3 is 5.32 Å². The van der Waals surface area contributed by atoms with Crippen LogP contribution in [-0.4, -0.2) is 6.04 Å². The standard InChI is InChI=1S/C15H13BrCl3N/c1-9(6-10-2-4-12(17)5-3-10)20-15-13(18)7-11(16)8-14(15)19/h2-5,7-9,20H,6H2,1H3. The summed E-state index contributed by atoms with van der Waals surface area (Å²) in [5.74, 6) is 0. The summed E-state index contributed by atoms with van der Waals surface area (Å²) in [6.07, 6.45) is 0.861. The predicted molar refractivity (Wildman–Crippen MR) is 92.4 cm³/mol. The zero-order valence-corrected chi connectivity index (χ0v) is 14.6. The Bertz CT molecular complexity index is 576. The van der Waals surface area contributed by atoms with E-state index >= 15 is 0 Å². The molecule has 1 N–H and O–H groups in total. The van der Waals surface area contributed by atoms with Crippen LogP contribution < -0.4 is 5.32 Å². The molecule has 1 atom stereocenters. The Morgan fingerprint density at radius 1 is 1.05 bits per heavy atom. The Morgan fingerprint density at radius 3 is 2.15 bits per heavy atom. The van der Waals surface area contributed by atoms with Crippen molar-refractivity contribution in [1.29, 1.82) is 0 Å². The lowest BCUT2D eigenvalue weighted by Gasteiger charge is -2.18. The molecule has 106 valence electrons. The topological polar surface area (TPSA) is 12.0 Å². The van der Waals surface area contributed by atoms with Crippen molar-refractivity contribution in [1.82, 2.24) is 0 Å². The second-order valence-corrected chi connectivity index (χ2v) is 6.79. The van der Waals surface area contributed by atoms with Gasteiger partial charge in [0.15, 0.2) is 0 Å². The molecular formula is C15H13BrCl3N. The molecule has 0 spiro atoms. The molecule has 5 heteroatoms. The molecule has 2 aromatic rings. The van der Waals surface area contributed by atoms with E-state index in [2.05, 4.69) is 28.2 Å². The number of hydrogen-bond acceptors (Lipinski definition) is 1. The fourth-order valence-corrected chi connectivity index (χ4v) is 3.40. The molecule has 0 saturated heterocycles. The van der Waals surface area contributed by atoms with Crippen LogP contribution in [0.25, 0.3) is 0 Å². The van der Waals surface area contributed by atoms with E-state index in [1.54, 1.807) is 0 Å². The van der Waals surface area contributed by atoms with Crippen molar-refractivity contribution in [2.24, 2.45) is 0 Å². The summed E-state index contributed by atoms with van der Waals surface area (Å²) in [5, 5.41) is 5.30. The highest BCUT2D eigenvalue weighted by Gasteiger charge is 2.11. The van der Waals surface area contributed by atoms with Crippen molar-refractivity contribution < 1.29 is 0 Å². The smallest absolute Gasteiger partial charge is 0.0721 e. The highest BCUT2D eigenvalue weighted by molar-refractivity contribution is 9.10. The molecule has 0 bridgehead atoms. The van der Waals surface area contributed by atoms with Gasteiger partial charge in [-0.05, 0) is 43.2 Å². The largest absolute Gasteiger partial charge is 0.380 e. The maximum absolute atomic E-state index is 6.21. The first kappa shape index (κ1) is 16.0. The molecule has 20 heavy (non-hydrogen) atoms. The van der Waals surface area contributed by atoms with E-state index in [4.69, 9.17) is 34.8 Å². The average Bonchev–Trinajstić information content (AvgIpc) is 2.36. The molecule has 0 amide bonds. The molecule has 0 fully saturated rings. The molecule has 2 aromatic carbocycles. The minimum Gasteiger partial charge on any atom is -0.380 e. The Labute approximate surface area is 142 Å². The third kappa shape index (κ3) is 4.29. The van der Waals surface area contributed by atoms with Crippen LogP contribution in [0.1, 0.15) is 12.5 Å². The van der Waals surface area contributed by atoms with Crippen molar-refractivity contribution in [3.05, 3.63) is 61.5 Å². The molecule has 0 aliphatic carbocycles. The van der Waals surface area contributed by atoms with Crippen LogP contribution in [0.3, 0.4) is 0 Å². The van der Waals surface area contributed by atoms with Gasteiger partial charge in [-0.3, -0.25) is 0 Å². The Hall–Kier alpha value is -0.410. The fraction of sp³-hybridized carbons (Fsp3) is 0.200. The van der Waals surface area contributed by atoms with E-state index in [9.17, 15) is 0 Å². The van der Waals surface area contributed by atoms with Gasteiger partial charge in [0.2, 0.25) is 0 Å². The lowest BCUT2D eigenvalue weighted by Crippen LogP contribution is -2.18. The Kier molecular flexibility index (Phi) is 5.62. The summed E-state index contributed by atoms with van der Waals surface area (Å²) < 4.78 is 0.864. The number of benzene rings is 2. The normalized spacial score (nSPS) is 12.2. The summed E-state index contributed by atoms with van der Waals surface area (Å²) in [5.41, 5.74) is 1.97. The fourth-order valence-electron chi connectivity index (χ4n) is 1.95. The second-order valence-electron chi connectivity index (χ2n) is 4.62. The maximum Gasteiger partial charge on any atom is 0.0721 e. The SMILES string of the molecule is CC(Cc1ccc(Cl)cc1)Nc1c(Cl)cc(Br)cc1Cl. The van der Waals surface area contributed by atoms with Crippen LogP contribution in [0.4, 0.5) is 5.69 Å².